The zero-order valence-electron chi connectivity index (χ0n) is 30.0. The largest absolute Gasteiger partial charge is 0.0622 e. The fraction of sp³-hybridized carbons (Fsp3) is 0.217. The molecule has 0 heteroatoms. The zero-order chi connectivity index (χ0) is 34.2. The van der Waals surface area contributed by atoms with E-state index in [1.807, 2.05) is 36.4 Å². The van der Waals surface area contributed by atoms with Crippen LogP contribution >= 0.6 is 0 Å². The molecular formula is C46H56. The lowest BCUT2D eigenvalue weighted by molar-refractivity contribution is 1.34. The first-order valence-corrected chi connectivity index (χ1v) is 16.1. The van der Waals surface area contributed by atoms with Gasteiger partial charge in [-0.05, 0) is 114 Å². The van der Waals surface area contributed by atoms with Gasteiger partial charge in [0.1, 0.15) is 0 Å². The van der Waals surface area contributed by atoms with Gasteiger partial charge in [-0.1, -0.05) is 169 Å². The SMILES string of the molecule is Cc1ccccc1.Cc1ccccc1.Cc1ccccc1C.Cc1ccccc1C.Cc1ccccc1C.Cc1ccccc1C. The third-order valence-corrected chi connectivity index (χ3v) is 7.58. The van der Waals surface area contributed by atoms with Crippen LogP contribution in [0.4, 0.5) is 0 Å². The minimum Gasteiger partial charge on any atom is -0.0622 e. The second-order valence-corrected chi connectivity index (χ2v) is 11.6. The van der Waals surface area contributed by atoms with Crippen molar-refractivity contribution in [1.29, 1.82) is 0 Å². The van der Waals surface area contributed by atoms with Crippen LogP contribution in [0.25, 0.3) is 0 Å². The highest BCUT2D eigenvalue weighted by Crippen LogP contribution is 2.05. The second kappa shape index (κ2) is 23.7. The summed E-state index contributed by atoms with van der Waals surface area (Å²) in [5.41, 5.74) is 13.6. The molecule has 0 amide bonds. The molecule has 0 fully saturated rings. The molecule has 0 spiro atoms. The van der Waals surface area contributed by atoms with Crippen LogP contribution in [0.2, 0.25) is 0 Å². The molecule has 6 aromatic rings. The summed E-state index contributed by atoms with van der Waals surface area (Å²) in [6, 6.07) is 53.9. The van der Waals surface area contributed by atoms with Crippen molar-refractivity contribution in [3.8, 4) is 0 Å². The zero-order valence-corrected chi connectivity index (χ0v) is 30.0. The number of rotatable bonds is 0. The first kappa shape index (κ1) is 39.3. The van der Waals surface area contributed by atoms with Crippen molar-refractivity contribution < 1.29 is 0 Å². The van der Waals surface area contributed by atoms with E-state index in [0.29, 0.717) is 0 Å². The van der Waals surface area contributed by atoms with Crippen molar-refractivity contribution in [1.82, 2.24) is 0 Å². The smallest absolute Gasteiger partial charge is 0.0395 e. The molecule has 0 aliphatic heterocycles. The van der Waals surface area contributed by atoms with Crippen LogP contribution in [-0.4, -0.2) is 0 Å². The highest BCUT2D eigenvalue weighted by molar-refractivity contribution is 5.25. The van der Waals surface area contributed by atoms with Gasteiger partial charge in [-0.2, -0.15) is 0 Å². The molecule has 0 nitrogen and oxygen atoms in total. The molecule has 0 heterocycles. The molecule has 0 N–H and O–H groups in total. The van der Waals surface area contributed by atoms with Crippen LogP contribution in [-0.2, 0) is 0 Å². The van der Waals surface area contributed by atoms with Crippen LogP contribution in [0.15, 0.2) is 158 Å². The molecule has 240 valence electrons. The maximum atomic E-state index is 2.12. The van der Waals surface area contributed by atoms with Gasteiger partial charge in [0.2, 0.25) is 0 Å². The summed E-state index contributed by atoms with van der Waals surface area (Å²) in [5, 5.41) is 0. The van der Waals surface area contributed by atoms with E-state index in [-0.39, 0.29) is 0 Å². The van der Waals surface area contributed by atoms with Crippen molar-refractivity contribution >= 4 is 0 Å². The Balaban J connectivity index is 0.000000276. The van der Waals surface area contributed by atoms with E-state index in [1.165, 1.54) is 55.6 Å². The third kappa shape index (κ3) is 18.9. The van der Waals surface area contributed by atoms with E-state index in [1.54, 1.807) is 0 Å². The maximum Gasteiger partial charge on any atom is -0.0395 e. The predicted molar refractivity (Wildman–Crippen MR) is 206 cm³/mol. The van der Waals surface area contributed by atoms with Gasteiger partial charge in [0.25, 0.3) is 0 Å². The second-order valence-electron chi connectivity index (χ2n) is 11.6. The van der Waals surface area contributed by atoms with E-state index < -0.39 is 0 Å². The normalized spacial score (nSPS) is 9.09. The predicted octanol–water partition coefficient (Wildman–Crippen LogP) is 13.2. The molecule has 0 unspecified atom stereocenters. The van der Waals surface area contributed by atoms with Gasteiger partial charge in [-0.3, -0.25) is 0 Å². The molecule has 0 saturated heterocycles. The van der Waals surface area contributed by atoms with Crippen LogP contribution < -0.4 is 0 Å². The summed E-state index contributed by atoms with van der Waals surface area (Å²) in [7, 11) is 0. The lowest BCUT2D eigenvalue weighted by atomic mass is 10.1. The van der Waals surface area contributed by atoms with E-state index in [9.17, 15) is 0 Å². The van der Waals surface area contributed by atoms with E-state index in [4.69, 9.17) is 0 Å². The minimum absolute atomic E-state index is 1.32. The Morgan fingerprint density at radius 1 is 0.174 bits per heavy atom. The van der Waals surface area contributed by atoms with E-state index >= 15 is 0 Å². The molecule has 46 heavy (non-hydrogen) atoms. The van der Waals surface area contributed by atoms with Crippen LogP contribution in [0.1, 0.15) is 55.6 Å². The Morgan fingerprint density at radius 3 is 0.391 bits per heavy atom. The molecule has 6 rings (SSSR count). The lowest BCUT2D eigenvalue weighted by Crippen LogP contribution is -1.74. The maximum absolute atomic E-state index is 2.12. The van der Waals surface area contributed by atoms with Crippen molar-refractivity contribution in [3.05, 3.63) is 213 Å². The van der Waals surface area contributed by atoms with Crippen LogP contribution in [0.5, 0.6) is 0 Å². The fourth-order valence-electron chi connectivity index (χ4n) is 3.72. The highest BCUT2D eigenvalue weighted by atomic mass is 13.9. The van der Waals surface area contributed by atoms with Gasteiger partial charge in [0.15, 0.2) is 0 Å². The molecule has 0 atom stereocenters. The molecule has 0 bridgehead atoms. The quantitative estimate of drug-likeness (QED) is 0.161. The molecule has 6 aromatic carbocycles. The van der Waals surface area contributed by atoms with Gasteiger partial charge >= 0.3 is 0 Å². The monoisotopic (exact) mass is 608 g/mol. The number of aryl methyl sites for hydroxylation is 10. The summed E-state index contributed by atoms with van der Waals surface area (Å²) in [6.45, 7) is 21.1. The fourth-order valence-corrected chi connectivity index (χ4v) is 3.72. The standard InChI is InChI=1S/4C8H10.2C7H8/c4*1-7-5-3-4-6-8(7)2;2*1-7-5-3-2-4-6-7/h4*3-6H,1-2H3;2*2-6H,1H3. The molecule has 0 radical (unpaired) electrons. The van der Waals surface area contributed by atoms with Gasteiger partial charge in [-0.25, -0.2) is 0 Å². The van der Waals surface area contributed by atoms with Crippen LogP contribution in [0, 0.1) is 69.2 Å². The van der Waals surface area contributed by atoms with Crippen molar-refractivity contribution in [2.45, 2.75) is 69.2 Å². The third-order valence-electron chi connectivity index (χ3n) is 7.58. The summed E-state index contributed by atoms with van der Waals surface area (Å²) < 4.78 is 0. The van der Waals surface area contributed by atoms with Crippen LogP contribution in [0.3, 0.4) is 0 Å². The Kier molecular flexibility index (Phi) is 20.2. The average Bonchev–Trinajstić information content (AvgIpc) is 3.05. The van der Waals surface area contributed by atoms with Gasteiger partial charge in [0.05, 0.1) is 0 Å². The number of benzene rings is 6. The Morgan fingerprint density at radius 2 is 0.304 bits per heavy atom. The molecular weight excluding hydrogens is 553 g/mol. The van der Waals surface area contributed by atoms with Crippen molar-refractivity contribution in [3.63, 3.8) is 0 Å². The number of hydrogen-bond donors (Lipinski definition) is 0. The summed E-state index contributed by atoms with van der Waals surface area (Å²) >= 11 is 0. The van der Waals surface area contributed by atoms with E-state index in [0.717, 1.165) is 0 Å². The Labute approximate surface area is 281 Å². The summed E-state index contributed by atoms with van der Waals surface area (Å²) in [6.07, 6.45) is 0. The summed E-state index contributed by atoms with van der Waals surface area (Å²) in [4.78, 5) is 0. The number of hydrogen-bond acceptors (Lipinski definition) is 0. The molecule has 0 saturated carbocycles. The lowest BCUT2D eigenvalue weighted by Gasteiger charge is -1.93. The average molecular weight is 609 g/mol. The van der Waals surface area contributed by atoms with E-state index in [2.05, 4.69) is 191 Å². The topological polar surface area (TPSA) is 0 Å². The van der Waals surface area contributed by atoms with Crippen molar-refractivity contribution in [2.75, 3.05) is 0 Å². The Bertz CT molecular complexity index is 1320. The van der Waals surface area contributed by atoms with Crippen molar-refractivity contribution in [2.24, 2.45) is 0 Å². The van der Waals surface area contributed by atoms with Gasteiger partial charge in [0, 0.05) is 0 Å². The first-order valence-electron chi connectivity index (χ1n) is 16.1. The van der Waals surface area contributed by atoms with Gasteiger partial charge < -0.3 is 0 Å². The molecule has 0 aliphatic rings. The highest BCUT2D eigenvalue weighted by Gasteiger charge is 1.86. The Hall–Kier alpha value is -4.68. The summed E-state index contributed by atoms with van der Waals surface area (Å²) in [5.74, 6) is 0. The minimum atomic E-state index is 1.32. The first-order chi connectivity index (χ1) is 22.0. The van der Waals surface area contributed by atoms with Gasteiger partial charge in [-0.15, -0.1) is 0 Å². The molecule has 0 aromatic heterocycles. The molecule has 0 aliphatic carbocycles.